The van der Waals surface area contributed by atoms with Crippen molar-refractivity contribution in [2.75, 3.05) is 6.26 Å². The van der Waals surface area contributed by atoms with E-state index in [1.165, 1.54) is 0 Å². The van der Waals surface area contributed by atoms with Crippen LogP contribution in [0.25, 0.3) is 0 Å². The third kappa shape index (κ3) is 3.48. The molecule has 0 saturated heterocycles. The van der Waals surface area contributed by atoms with Gasteiger partial charge in [-0.1, -0.05) is 30.3 Å². The smallest absolute Gasteiger partial charge is 0.199 e. The molecule has 12 heavy (non-hydrogen) atoms. The molecule has 0 aliphatic carbocycles. The maximum absolute atomic E-state index is 12.4. The van der Waals surface area contributed by atoms with E-state index in [9.17, 15) is 8.09 Å². The van der Waals surface area contributed by atoms with Crippen LogP contribution in [0, 0.1) is 0 Å². The first-order valence-corrected chi connectivity index (χ1v) is 5.32. The van der Waals surface area contributed by atoms with Crippen molar-refractivity contribution in [3.8, 4) is 0 Å². The number of rotatable bonds is 2. The van der Waals surface area contributed by atoms with Gasteiger partial charge in [0.25, 0.3) is 0 Å². The lowest BCUT2D eigenvalue weighted by Crippen LogP contribution is -1.87. The first-order chi connectivity index (χ1) is 5.58. The molecular weight excluding hydrogens is 177 g/mol. The van der Waals surface area contributed by atoms with Crippen LogP contribution < -0.4 is 0 Å². The van der Waals surface area contributed by atoms with Crippen molar-refractivity contribution in [1.29, 1.82) is 0 Å². The lowest BCUT2D eigenvalue weighted by molar-refractivity contribution is 0.641. The van der Waals surface area contributed by atoms with E-state index in [1.54, 1.807) is 0 Å². The van der Waals surface area contributed by atoms with Gasteiger partial charge in [0.05, 0.1) is 6.54 Å². The molecular formula is C8H10FNOS. The molecule has 0 heterocycles. The van der Waals surface area contributed by atoms with Gasteiger partial charge in [-0.15, -0.1) is 3.89 Å². The maximum Gasteiger partial charge on any atom is 0.199 e. The van der Waals surface area contributed by atoms with Crippen molar-refractivity contribution in [2.45, 2.75) is 6.54 Å². The Morgan fingerprint density at radius 1 is 1.42 bits per heavy atom. The second kappa shape index (κ2) is 3.67. The van der Waals surface area contributed by atoms with Crippen molar-refractivity contribution in [2.24, 2.45) is 4.36 Å². The Hall–Kier alpha value is -0.900. The van der Waals surface area contributed by atoms with E-state index in [4.69, 9.17) is 0 Å². The maximum atomic E-state index is 12.4. The molecule has 0 N–H and O–H groups in total. The molecule has 0 aliphatic rings. The first-order valence-electron chi connectivity index (χ1n) is 3.49. The molecule has 66 valence electrons. The van der Waals surface area contributed by atoms with Gasteiger partial charge in [-0.05, 0) is 5.56 Å². The van der Waals surface area contributed by atoms with Gasteiger partial charge in [0.2, 0.25) is 0 Å². The van der Waals surface area contributed by atoms with Gasteiger partial charge in [-0.25, -0.2) is 8.57 Å². The Morgan fingerprint density at radius 2 is 2.00 bits per heavy atom. The minimum atomic E-state index is -3.45. The van der Waals surface area contributed by atoms with E-state index in [2.05, 4.69) is 4.36 Å². The largest absolute Gasteiger partial charge is 0.217 e. The van der Waals surface area contributed by atoms with Crippen LogP contribution in [0.1, 0.15) is 5.56 Å². The number of hydrogen-bond acceptors (Lipinski definition) is 2. The van der Waals surface area contributed by atoms with Gasteiger partial charge in [-0.2, -0.15) is 0 Å². The SMILES string of the molecule is CS(=O)(F)=NCc1ccccc1. The first kappa shape index (κ1) is 9.19. The van der Waals surface area contributed by atoms with E-state index in [0.29, 0.717) is 0 Å². The summed E-state index contributed by atoms with van der Waals surface area (Å²) in [5.74, 6) is 0. The van der Waals surface area contributed by atoms with E-state index in [1.807, 2.05) is 30.3 Å². The van der Waals surface area contributed by atoms with Crippen molar-refractivity contribution in [3.05, 3.63) is 35.9 Å². The summed E-state index contributed by atoms with van der Waals surface area (Å²) < 4.78 is 26.4. The molecule has 2 nitrogen and oxygen atoms in total. The lowest BCUT2D eigenvalue weighted by Gasteiger charge is -1.94. The average Bonchev–Trinajstić information content (AvgIpc) is 2.02. The fourth-order valence-corrected chi connectivity index (χ4v) is 1.15. The van der Waals surface area contributed by atoms with Gasteiger partial charge < -0.3 is 0 Å². The average molecular weight is 187 g/mol. The molecule has 0 radical (unpaired) electrons. The Labute approximate surface area is 71.9 Å². The molecule has 1 unspecified atom stereocenters. The van der Waals surface area contributed by atoms with Crippen molar-refractivity contribution >= 4 is 10.1 Å². The summed E-state index contributed by atoms with van der Waals surface area (Å²) in [5, 5.41) is 0. The molecule has 4 heteroatoms. The summed E-state index contributed by atoms with van der Waals surface area (Å²) in [5.41, 5.74) is 0.865. The minimum absolute atomic E-state index is 0.173. The zero-order valence-corrected chi connectivity index (χ0v) is 7.55. The van der Waals surface area contributed by atoms with Gasteiger partial charge in [0.15, 0.2) is 10.1 Å². The summed E-state index contributed by atoms with van der Waals surface area (Å²) in [7, 11) is -3.45. The van der Waals surface area contributed by atoms with Crippen LogP contribution in [0.5, 0.6) is 0 Å². The third-order valence-electron chi connectivity index (χ3n) is 1.32. The number of halogens is 1. The van der Waals surface area contributed by atoms with Crippen molar-refractivity contribution in [1.82, 2.24) is 0 Å². The van der Waals surface area contributed by atoms with Crippen molar-refractivity contribution < 1.29 is 8.09 Å². The van der Waals surface area contributed by atoms with Gasteiger partial charge in [-0.3, -0.25) is 0 Å². The van der Waals surface area contributed by atoms with Gasteiger partial charge in [0, 0.05) is 6.26 Å². The zero-order valence-electron chi connectivity index (χ0n) is 6.74. The molecule has 0 fully saturated rings. The second-order valence-corrected chi connectivity index (χ2v) is 4.16. The highest BCUT2D eigenvalue weighted by Crippen LogP contribution is 2.02. The quantitative estimate of drug-likeness (QED) is 0.652. The van der Waals surface area contributed by atoms with E-state index in [0.717, 1.165) is 11.8 Å². The lowest BCUT2D eigenvalue weighted by atomic mass is 10.2. The molecule has 1 atom stereocenters. The molecule has 0 bridgehead atoms. The Kier molecular flexibility index (Phi) is 2.81. The van der Waals surface area contributed by atoms with Crippen molar-refractivity contribution in [3.63, 3.8) is 0 Å². The summed E-state index contributed by atoms with van der Waals surface area (Å²) in [6, 6.07) is 9.16. The molecule has 0 aliphatic heterocycles. The van der Waals surface area contributed by atoms with E-state index < -0.39 is 10.1 Å². The predicted octanol–water partition coefficient (Wildman–Crippen LogP) is 2.17. The Morgan fingerprint density at radius 3 is 2.50 bits per heavy atom. The molecule has 1 aromatic carbocycles. The normalized spacial score (nSPS) is 15.2. The molecule has 1 rings (SSSR count). The highest BCUT2D eigenvalue weighted by molar-refractivity contribution is 7.87. The molecule has 0 amide bonds. The van der Waals surface area contributed by atoms with Crippen LogP contribution in [-0.2, 0) is 16.7 Å². The monoisotopic (exact) mass is 187 g/mol. The van der Waals surface area contributed by atoms with Crippen LogP contribution in [0.15, 0.2) is 34.7 Å². The standard InChI is InChI=1S/C8H10FNOS/c1-12(9,11)10-7-8-5-3-2-4-6-8/h2-6H,7H2,1H3. The predicted molar refractivity (Wildman–Crippen MR) is 47.7 cm³/mol. The zero-order chi connectivity index (χ0) is 9.03. The highest BCUT2D eigenvalue weighted by atomic mass is 32.3. The van der Waals surface area contributed by atoms with Crippen LogP contribution in [0.4, 0.5) is 3.89 Å². The summed E-state index contributed by atoms with van der Waals surface area (Å²) in [6.45, 7) is 0.173. The Balaban J connectivity index is 2.74. The van der Waals surface area contributed by atoms with E-state index in [-0.39, 0.29) is 6.54 Å². The van der Waals surface area contributed by atoms with Crippen LogP contribution in [-0.4, -0.2) is 10.5 Å². The van der Waals surface area contributed by atoms with Crippen LogP contribution in [0.2, 0.25) is 0 Å². The summed E-state index contributed by atoms with van der Waals surface area (Å²) in [6.07, 6.45) is 0.982. The molecule has 0 spiro atoms. The molecule has 1 aromatic rings. The topological polar surface area (TPSA) is 29.4 Å². The molecule has 0 aromatic heterocycles. The highest BCUT2D eigenvalue weighted by Gasteiger charge is 1.94. The number of benzene rings is 1. The van der Waals surface area contributed by atoms with Gasteiger partial charge in [0.1, 0.15) is 0 Å². The van der Waals surface area contributed by atoms with Crippen LogP contribution >= 0.6 is 0 Å². The summed E-state index contributed by atoms with van der Waals surface area (Å²) in [4.78, 5) is 0. The Bertz CT molecular complexity index is 347. The third-order valence-corrected chi connectivity index (χ3v) is 1.91. The minimum Gasteiger partial charge on any atom is -0.217 e. The second-order valence-electron chi connectivity index (χ2n) is 2.48. The number of nitrogens with zero attached hydrogens (tertiary/aromatic N) is 1. The molecule has 0 saturated carbocycles. The fourth-order valence-electron chi connectivity index (χ4n) is 0.773. The van der Waals surface area contributed by atoms with E-state index >= 15 is 0 Å². The summed E-state index contributed by atoms with van der Waals surface area (Å²) >= 11 is 0. The fraction of sp³-hybridized carbons (Fsp3) is 0.250. The van der Waals surface area contributed by atoms with Crippen LogP contribution in [0.3, 0.4) is 0 Å². The van der Waals surface area contributed by atoms with Gasteiger partial charge >= 0.3 is 0 Å². The number of hydrogen-bond donors (Lipinski definition) is 0.